The number of aliphatic hydroxyl groups excluding tert-OH is 3. The monoisotopic (exact) mass is 910 g/mol. The van der Waals surface area contributed by atoms with Crippen LogP contribution in [0.4, 0.5) is 39.5 Å². The van der Waals surface area contributed by atoms with E-state index in [1.165, 1.54) is 0 Å². The number of alkyl halides is 9. The zero-order chi connectivity index (χ0) is 39.7. The van der Waals surface area contributed by atoms with Crippen molar-refractivity contribution in [3.63, 3.8) is 0 Å². The molecule has 6 fully saturated rings. The van der Waals surface area contributed by atoms with E-state index in [0.29, 0.717) is 38.5 Å². The van der Waals surface area contributed by atoms with Crippen molar-refractivity contribution in [3.05, 3.63) is 34.0 Å². The molecule has 0 aromatic heterocycles. The Balaban J connectivity index is 0.000000208. The van der Waals surface area contributed by atoms with Gasteiger partial charge in [0.15, 0.2) is 17.3 Å². The van der Waals surface area contributed by atoms with E-state index in [-0.39, 0.29) is 37.3 Å². The van der Waals surface area contributed by atoms with Crippen LogP contribution in [0.5, 0.6) is 0 Å². The summed E-state index contributed by atoms with van der Waals surface area (Å²) in [7, 11) is 0. The van der Waals surface area contributed by atoms with E-state index in [4.69, 9.17) is 0 Å². The normalized spacial score (nSPS) is 38.0. The number of halogens is 9. The van der Waals surface area contributed by atoms with Crippen LogP contribution >= 0.6 is 0 Å². The van der Waals surface area contributed by atoms with E-state index >= 15 is 0 Å². The summed E-state index contributed by atoms with van der Waals surface area (Å²) in [6, 6.07) is 0. The Kier molecular flexibility index (Phi) is 11.1. The first-order chi connectivity index (χ1) is 22.6. The molecular weight excluding hydrogens is 867 g/mol. The van der Waals surface area contributed by atoms with Crippen LogP contribution in [-0.2, 0) is 14.4 Å². The smallest absolute Gasteiger partial charge is 0.449 e. The molecule has 6 rings (SSSR count). The van der Waals surface area contributed by atoms with Crippen molar-refractivity contribution >= 4 is 17.3 Å². The molecular formula is C36H45ErF9O6. The number of fused-ring (bicyclic) bond motifs is 6. The number of hydrogen-bond acceptors (Lipinski definition) is 6. The second-order valence-electron chi connectivity index (χ2n) is 17.2. The van der Waals surface area contributed by atoms with Gasteiger partial charge < -0.3 is 15.3 Å². The Bertz CT molecular complexity index is 1460. The number of allylic oxidation sites excluding steroid dienone is 6. The Morgan fingerprint density at radius 3 is 0.750 bits per heavy atom. The van der Waals surface area contributed by atoms with Crippen LogP contribution in [0.25, 0.3) is 0 Å². The van der Waals surface area contributed by atoms with Crippen molar-refractivity contribution in [2.75, 3.05) is 0 Å². The van der Waals surface area contributed by atoms with Crippen molar-refractivity contribution in [2.24, 2.45) is 50.2 Å². The molecule has 0 amide bonds. The standard InChI is InChI=1S/3C12H15F3O2.Er/c3*1-10(2)6-4-5-11(10,3)8(16)7(6)9(17)12(13,14)15;/h3*6,17H,4-5H2,1-3H3;/b3*9-7-;/t3*6?,11-;/m000./s1. The van der Waals surface area contributed by atoms with Gasteiger partial charge in [0.05, 0.1) is 0 Å². The molecule has 16 heteroatoms. The van der Waals surface area contributed by atoms with Crippen molar-refractivity contribution < 1.29 is 107 Å². The number of rotatable bonds is 0. The molecule has 6 nitrogen and oxygen atoms in total. The molecule has 6 aliphatic rings. The van der Waals surface area contributed by atoms with Crippen LogP contribution in [0.15, 0.2) is 34.0 Å². The molecule has 0 spiro atoms. The zero-order valence-electron chi connectivity index (χ0n) is 30.2. The molecule has 300 valence electrons. The molecule has 3 unspecified atom stereocenters. The van der Waals surface area contributed by atoms with Crippen LogP contribution < -0.4 is 0 Å². The summed E-state index contributed by atoms with van der Waals surface area (Å²) in [5.41, 5.74) is -5.08. The SMILES string of the molecule is CC1(C)C2CC[C@@]1(C)C(=O)/C2=C(\O)C(F)(F)F.CC1(C)C2CC[C@@]1(C)C(=O)/C2=C(\O)C(F)(F)F.CC1(C)C2CC[C@@]1(C)C(=O)/C2=C(\O)C(F)(F)F.[Er]. The van der Waals surface area contributed by atoms with E-state index in [9.17, 15) is 69.2 Å². The third kappa shape index (κ3) is 6.07. The van der Waals surface area contributed by atoms with Gasteiger partial charge in [-0.3, -0.25) is 14.4 Å². The van der Waals surface area contributed by atoms with Gasteiger partial charge in [0, 0.05) is 70.3 Å². The molecule has 3 N–H and O–H groups in total. The van der Waals surface area contributed by atoms with Crippen molar-refractivity contribution in [1.29, 1.82) is 0 Å². The van der Waals surface area contributed by atoms with Crippen molar-refractivity contribution in [2.45, 2.75) is 119 Å². The van der Waals surface area contributed by atoms with Crippen molar-refractivity contribution in [1.82, 2.24) is 0 Å². The first-order valence-corrected chi connectivity index (χ1v) is 16.8. The molecule has 0 radical (unpaired) electrons. The average Bonchev–Trinajstić information content (AvgIpc) is 3.59. The summed E-state index contributed by atoms with van der Waals surface area (Å²) < 4.78 is 113. The third-order valence-electron chi connectivity index (χ3n) is 14.5. The van der Waals surface area contributed by atoms with Gasteiger partial charge in [-0.15, -0.1) is 0 Å². The summed E-state index contributed by atoms with van der Waals surface area (Å²) in [4.78, 5) is 36.2. The molecule has 0 aromatic rings. The van der Waals surface area contributed by atoms with Gasteiger partial charge in [-0.1, -0.05) is 62.3 Å². The second kappa shape index (κ2) is 12.9. The maximum atomic E-state index is 12.5. The molecule has 6 bridgehead atoms. The van der Waals surface area contributed by atoms with E-state index in [1.807, 2.05) is 0 Å². The molecule has 6 saturated carbocycles. The van der Waals surface area contributed by atoms with Gasteiger partial charge in [0.25, 0.3) is 0 Å². The summed E-state index contributed by atoms with van der Waals surface area (Å²) in [5, 5.41) is 27.8. The zero-order valence-corrected chi connectivity index (χ0v) is 32.1. The average molecular weight is 912 g/mol. The Hall–Kier alpha value is -1.75. The predicted molar refractivity (Wildman–Crippen MR) is 166 cm³/mol. The molecule has 6 atom stereocenters. The Labute approximate surface area is 325 Å². The van der Waals surface area contributed by atoms with E-state index in [2.05, 4.69) is 0 Å². The minimum absolute atomic E-state index is 0. The maximum Gasteiger partial charge on any atom is 0.449 e. The largest absolute Gasteiger partial charge is 0.504 e. The fourth-order valence-corrected chi connectivity index (χ4v) is 9.88. The number of aliphatic hydroxyl groups is 3. The first kappa shape index (κ1) is 44.6. The number of carbonyl (C=O) groups excluding carboxylic acids is 3. The summed E-state index contributed by atoms with van der Waals surface area (Å²) >= 11 is 0. The van der Waals surface area contributed by atoms with Gasteiger partial charge in [-0.25, -0.2) is 0 Å². The van der Waals surface area contributed by atoms with Crippen LogP contribution in [0.1, 0.15) is 101 Å². The van der Waals surface area contributed by atoms with E-state index < -0.39 is 120 Å². The van der Waals surface area contributed by atoms with Crippen LogP contribution in [0, 0.1) is 87.5 Å². The van der Waals surface area contributed by atoms with E-state index in [1.54, 1.807) is 62.3 Å². The molecule has 0 aliphatic heterocycles. The number of ketones is 3. The number of hydrogen-bond donors (Lipinski definition) is 3. The molecule has 0 saturated heterocycles. The Morgan fingerprint density at radius 1 is 0.462 bits per heavy atom. The summed E-state index contributed by atoms with van der Waals surface area (Å²) in [6.07, 6.45) is -11.1. The fraction of sp³-hybridized carbons (Fsp3) is 0.750. The van der Waals surface area contributed by atoms with Crippen LogP contribution in [-0.4, -0.2) is 51.2 Å². The molecule has 0 heterocycles. The summed E-state index contributed by atoms with van der Waals surface area (Å²) in [6.45, 7) is 15.9. The second-order valence-corrected chi connectivity index (χ2v) is 17.2. The van der Waals surface area contributed by atoms with Crippen LogP contribution in [0.2, 0.25) is 0 Å². The minimum Gasteiger partial charge on any atom is -0.504 e. The van der Waals surface area contributed by atoms with E-state index in [0.717, 1.165) is 0 Å². The number of carbonyl (C=O) groups is 3. The van der Waals surface area contributed by atoms with Crippen LogP contribution in [0.3, 0.4) is 0 Å². The Morgan fingerprint density at radius 2 is 0.635 bits per heavy atom. The third-order valence-corrected chi connectivity index (χ3v) is 14.5. The molecule has 0 aromatic carbocycles. The maximum absolute atomic E-state index is 12.5. The first-order valence-electron chi connectivity index (χ1n) is 16.8. The van der Waals surface area contributed by atoms with Gasteiger partial charge in [-0.05, 0) is 72.5 Å². The van der Waals surface area contributed by atoms with Gasteiger partial charge in [0.2, 0.25) is 17.3 Å². The van der Waals surface area contributed by atoms with Gasteiger partial charge >= 0.3 is 18.5 Å². The fourth-order valence-electron chi connectivity index (χ4n) is 9.88. The quantitative estimate of drug-likeness (QED) is 0.127. The minimum atomic E-state index is -4.83. The van der Waals surface area contributed by atoms with Gasteiger partial charge in [0.1, 0.15) is 0 Å². The van der Waals surface area contributed by atoms with Gasteiger partial charge in [-0.2, -0.15) is 39.5 Å². The van der Waals surface area contributed by atoms with Crippen molar-refractivity contribution in [3.8, 4) is 0 Å². The number of Topliss-reactive ketones (excluding diaryl/α,β-unsaturated/α-hetero) is 3. The molecule has 52 heavy (non-hydrogen) atoms. The predicted octanol–water partition coefficient (Wildman–Crippen LogP) is 10.2. The summed E-state index contributed by atoms with van der Waals surface area (Å²) in [5.74, 6) is -8.13. The molecule has 6 aliphatic carbocycles. The topological polar surface area (TPSA) is 112 Å².